The lowest BCUT2D eigenvalue weighted by molar-refractivity contribution is 1.06. The molecule has 0 aliphatic carbocycles. The smallest absolute Gasteiger partial charge is 0.255 e. The highest BCUT2D eigenvalue weighted by atomic mass is 32.1. The minimum atomic E-state index is -0.136. The normalized spacial score (nSPS) is 10.5. The van der Waals surface area contributed by atoms with Crippen molar-refractivity contribution in [2.75, 3.05) is 0 Å². The number of hydrogen-bond donors (Lipinski definition) is 2. The van der Waals surface area contributed by atoms with Crippen molar-refractivity contribution in [3.63, 3.8) is 0 Å². The number of aromatic amines is 2. The van der Waals surface area contributed by atoms with Crippen molar-refractivity contribution in [1.29, 1.82) is 0 Å². The molecule has 2 rings (SSSR count). The topological polar surface area (TPSA) is 48.6 Å². The van der Waals surface area contributed by atoms with Crippen LogP contribution in [-0.4, -0.2) is 9.97 Å². The first-order valence-corrected chi connectivity index (χ1v) is 5.95. The van der Waals surface area contributed by atoms with E-state index in [-0.39, 0.29) is 5.56 Å². The maximum Gasteiger partial charge on any atom is 0.255 e. The molecule has 0 saturated heterocycles. The molecule has 0 atom stereocenters. The van der Waals surface area contributed by atoms with Crippen molar-refractivity contribution in [2.24, 2.45) is 0 Å². The Kier molecular flexibility index (Phi) is 3.24. The van der Waals surface area contributed by atoms with Gasteiger partial charge in [-0.05, 0) is 36.7 Å². The van der Waals surface area contributed by atoms with Crippen molar-refractivity contribution in [2.45, 2.75) is 20.3 Å². The van der Waals surface area contributed by atoms with Crippen molar-refractivity contribution in [3.05, 3.63) is 50.5 Å². The van der Waals surface area contributed by atoms with Gasteiger partial charge in [0.05, 0.1) is 5.69 Å². The van der Waals surface area contributed by atoms with Crippen molar-refractivity contribution in [3.8, 4) is 11.3 Å². The number of rotatable bonds is 2. The molecule has 0 aliphatic rings. The van der Waals surface area contributed by atoms with Crippen LogP contribution in [0.25, 0.3) is 11.3 Å². The van der Waals surface area contributed by atoms with Gasteiger partial charge in [-0.3, -0.25) is 9.78 Å². The monoisotopic (exact) mass is 246 g/mol. The standard InChI is InChI=1S/C13H14N2OS/c1-3-9-4-6-10(7-5-9)11-8(2)12(16)15-13(17)14-11/h4-7H,3H2,1-2H3,(H2,14,15,16,17). The van der Waals surface area contributed by atoms with Crippen LogP contribution in [0.3, 0.4) is 0 Å². The lowest BCUT2D eigenvalue weighted by Gasteiger charge is -2.06. The molecule has 0 radical (unpaired) electrons. The van der Waals surface area contributed by atoms with Crippen LogP contribution in [0.2, 0.25) is 0 Å². The summed E-state index contributed by atoms with van der Waals surface area (Å²) >= 11 is 4.98. The molecule has 0 amide bonds. The quantitative estimate of drug-likeness (QED) is 0.800. The first-order valence-electron chi connectivity index (χ1n) is 5.54. The number of aryl methyl sites for hydroxylation is 1. The number of H-pyrrole nitrogens is 2. The van der Waals surface area contributed by atoms with Crippen LogP contribution >= 0.6 is 12.2 Å². The second-order valence-corrected chi connectivity index (χ2v) is 4.37. The summed E-state index contributed by atoms with van der Waals surface area (Å²) in [6.45, 7) is 3.90. The number of hydrogen-bond acceptors (Lipinski definition) is 2. The van der Waals surface area contributed by atoms with Crippen LogP contribution in [-0.2, 0) is 6.42 Å². The Morgan fingerprint density at radius 3 is 2.41 bits per heavy atom. The van der Waals surface area contributed by atoms with Gasteiger partial charge < -0.3 is 4.98 Å². The molecule has 2 aromatic rings. The summed E-state index contributed by atoms with van der Waals surface area (Å²) in [5.41, 5.74) is 3.57. The number of aromatic nitrogens is 2. The molecule has 0 spiro atoms. The van der Waals surface area contributed by atoms with Crippen LogP contribution < -0.4 is 5.56 Å². The van der Waals surface area contributed by atoms with E-state index in [9.17, 15) is 4.79 Å². The largest absolute Gasteiger partial charge is 0.332 e. The lowest BCUT2D eigenvalue weighted by atomic mass is 10.0. The van der Waals surface area contributed by atoms with Gasteiger partial charge in [0.25, 0.3) is 5.56 Å². The summed E-state index contributed by atoms with van der Waals surface area (Å²) in [6.07, 6.45) is 1.00. The van der Waals surface area contributed by atoms with E-state index in [1.54, 1.807) is 6.92 Å². The average Bonchev–Trinajstić information content (AvgIpc) is 2.34. The first kappa shape index (κ1) is 11.8. The first-order chi connectivity index (χ1) is 8.11. The molecule has 1 heterocycles. The average molecular weight is 246 g/mol. The van der Waals surface area contributed by atoms with Crippen molar-refractivity contribution < 1.29 is 0 Å². The highest BCUT2D eigenvalue weighted by molar-refractivity contribution is 7.71. The molecular weight excluding hydrogens is 232 g/mol. The van der Waals surface area contributed by atoms with Gasteiger partial charge in [0.15, 0.2) is 4.77 Å². The van der Waals surface area contributed by atoms with Gasteiger partial charge in [0.1, 0.15) is 0 Å². The molecule has 2 N–H and O–H groups in total. The fourth-order valence-corrected chi connectivity index (χ4v) is 1.94. The molecule has 0 saturated carbocycles. The van der Waals surface area contributed by atoms with E-state index >= 15 is 0 Å². The van der Waals surface area contributed by atoms with Crippen LogP contribution in [0, 0.1) is 11.7 Å². The molecule has 0 bridgehead atoms. The van der Waals surface area contributed by atoms with E-state index in [4.69, 9.17) is 12.2 Å². The van der Waals surface area contributed by atoms with Crippen molar-refractivity contribution in [1.82, 2.24) is 9.97 Å². The van der Waals surface area contributed by atoms with E-state index in [0.717, 1.165) is 17.7 Å². The Balaban J connectivity index is 2.60. The summed E-state index contributed by atoms with van der Waals surface area (Å²) in [4.78, 5) is 17.2. The van der Waals surface area contributed by atoms with E-state index < -0.39 is 0 Å². The third-order valence-corrected chi connectivity index (χ3v) is 3.04. The van der Waals surface area contributed by atoms with E-state index in [2.05, 4.69) is 29.0 Å². The molecule has 1 aromatic heterocycles. The lowest BCUT2D eigenvalue weighted by Crippen LogP contribution is -2.12. The fraction of sp³-hybridized carbons (Fsp3) is 0.231. The summed E-state index contributed by atoms with van der Waals surface area (Å²) in [7, 11) is 0. The van der Waals surface area contributed by atoms with Gasteiger partial charge in [-0.2, -0.15) is 0 Å². The molecule has 88 valence electrons. The Morgan fingerprint density at radius 2 is 1.82 bits per heavy atom. The Hall–Kier alpha value is -1.68. The third-order valence-electron chi connectivity index (χ3n) is 2.83. The summed E-state index contributed by atoms with van der Waals surface area (Å²) in [5.74, 6) is 0. The number of benzene rings is 1. The summed E-state index contributed by atoms with van der Waals surface area (Å²) in [5, 5.41) is 0. The van der Waals surface area contributed by atoms with E-state index in [1.807, 2.05) is 12.1 Å². The predicted octanol–water partition coefficient (Wildman–Crippen LogP) is 2.97. The Labute approximate surface area is 105 Å². The molecule has 4 heteroatoms. The van der Waals surface area contributed by atoms with E-state index in [1.165, 1.54) is 5.56 Å². The minimum Gasteiger partial charge on any atom is -0.332 e. The molecule has 0 unspecified atom stereocenters. The van der Waals surface area contributed by atoms with Crippen LogP contribution in [0.1, 0.15) is 18.1 Å². The highest BCUT2D eigenvalue weighted by Gasteiger charge is 2.05. The van der Waals surface area contributed by atoms with Crippen molar-refractivity contribution >= 4 is 12.2 Å². The predicted molar refractivity (Wildman–Crippen MR) is 71.8 cm³/mol. The van der Waals surface area contributed by atoms with E-state index in [0.29, 0.717) is 10.3 Å². The molecular formula is C13H14N2OS. The van der Waals surface area contributed by atoms with Gasteiger partial charge in [-0.1, -0.05) is 31.2 Å². The maximum atomic E-state index is 11.6. The number of nitrogens with one attached hydrogen (secondary N) is 2. The van der Waals surface area contributed by atoms with Gasteiger partial charge in [0.2, 0.25) is 0 Å². The summed E-state index contributed by atoms with van der Waals surface area (Å²) in [6, 6.07) is 8.14. The zero-order valence-electron chi connectivity index (χ0n) is 9.83. The second-order valence-electron chi connectivity index (χ2n) is 3.96. The van der Waals surface area contributed by atoms with Gasteiger partial charge in [0, 0.05) is 5.56 Å². The molecule has 1 aromatic carbocycles. The SMILES string of the molecule is CCc1ccc(-c2[nH]c(=S)[nH]c(=O)c2C)cc1. The van der Waals surface area contributed by atoms with Gasteiger partial charge in [-0.15, -0.1) is 0 Å². The zero-order chi connectivity index (χ0) is 12.4. The van der Waals surface area contributed by atoms with Crippen LogP contribution in [0.15, 0.2) is 29.1 Å². The molecule has 0 aliphatic heterocycles. The third kappa shape index (κ3) is 2.36. The maximum absolute atomic E-state index is 11.6. The molecule has 3 nitrogen and oxygen atoms in total. The Bertz CT molecular complexity index is 638. The summed E-state index contributed by atoms with van der Waals surface area (Å²) < 4.78 is 0.357. The van der Waals surface area contributed by atoms with Crippen LogP contribution in [0.5, 0.6) is 0 Å². The zero-order valence-corrected chi connectivity index (χ0v) is 10.6. The fourth-order valence-electron chi connectivity index (χ4n) is 1.74. The molecule has 0 fully saturated rings. The second kappa shape index (κ2) is 4.67. The van der Waals surface area contributed by atoms with Gasteiger partial charge in [-0.25, -0.2) is 0 Å². The molecule has 17 heavy (non-hydrogen) atoms. The minimum absolute atomic E-state index is 0.136. The van der Waals surface area contributed by atoms with Gasteiger partial charge >= 0.3 is 0 Å². The highest BCUT2D eigenvalue weighted by Crippen LogP contribution is 2.19. The Morgan fingerprint density at radius 1 is 1.18 bits per heavy atom. The van der Waals surface area contributed by atoms with Crippen LogP contribution in [0.4, 0.5) is 0 Å².